The van der Waals surface area contributed by atoms with E-state index in [0.29, 0.717) is 0 Å². The highest BCUT2D eigenvalue weighted by atomic mass is 16.5. The normalized spacial score (nSPS) is 24.3. The number of carbonyl (C=O) groups is 1. The van der Waals surface area contributed by atoms with Crippen molar-refractivity contribution in [2.75, 3.05) is 6.61 Å². The number of carboxylic acids is 1. The van der Waals surface area contributed by atoms with Crippen LogP contribution in [0.15, 0.2) is 0 Å². The molecule has 1 atom stereocenters. The molecule has 1 fully saturated rings. The van der Waals surface area contributed by atoms with Crippen LogP contribution in [-0.4, -0.2) is 23.8 Å². The van der Waals surface area contributed by atoms with Crippen LogP contribution in [0.25, 0.3) is 0 Å². The number of hydrogen-bond acceptors (Lipinski definition) is 2. The van der Waals surface area contributed by atoms with Gasteiger partial charge in [-0.1, -0.05) is 13.8 Å². The maximum atomic E-state index is 10.6. The Bertz CT molecular complexity index is 181. The van der Waals surface area contributed by atoms with Crippen molar-refractivity contribution in [3.8, 4) is 0 Å². The summed E-state index contributed by atoms with van der Waals surface area (Å²) in [6.45, 7) is 4.72. The number of carboxylic acid groups (broad SMARTS) is 1. The Morgan fingerprint density at radius 3 is 2.69 bits per heavy atom. The van der Waals surface area contributed by atoms with Crippen molar-refractivity contribution in [1.82, 2.24) is 0 Å². The third kappa shape index (κ3) is 2.99. The van der Waals surface area contributed by atoms with Gasteiger partial charge in [-0.3, -0.25) is 4.79 Å². The number of hydrogen-bond donors (Lipinski definition) is 1. The molecule has 13 heavy (non-hydrogen) atoms. The van der Waals surface area contributed by atoms with E-state index in [-0.39, 0.29) is 17.9 Å². The van der Waals surface area contributed by atoms with Gasteiger partial charge in [0.15, 0.2) is 0 Å². The van der Waals surface area contributed by atoms with Crippen molar-refractivity contribution in [1.29, 1.82) is 0 Å². The van der Waals surface area contributed by atoms with E-state index in [4.69, 9.17) is 9.84 Å². The van der Waals surface area contributed by atoms with Crippen LogP contribution in [-0.2, 0) is 9.53 Å². The fraction of sp³-hybridized carbons (Fsp3) is 0.900. The van der Waals surface area contributed by atoms with Crippen LogP contribution in [0.4, 0.5) is 0 Å². The van der Waals surface area contributed by atoms with Crippen LogP contribution < -0.4 is 0 Å². The molecule has 0 aromatic heterocycles. The zero-order chi connectivity index (χ0) is 9.90. The van der Waals surface area contributed by atoms with Crippen molar-refractivity contribution in [2.45, 2.75) is 45.6 Å². The van der Waals surface area contributed by atoms with Crippen LogP contribution in [0.3, 0.4) is 0 Å². The first-order chi connectivity index (χ1) is 6.02. The summed E-state index contributed by atoms with van der Waals surface area (Å²) >= 11 is 0. The van der Waals surface area contributed by atoms with Gasteiger partial charge < -0.3 is 9.84 Å². The van der Waals surface area contributed by atoms with Crippen molar-refractivity contribution in [2.24, 2.45) is 5.41 Å². The van der Waals surface area contributed by atoms with Gasteiger partial charge in [-0.15, -0.1) is 0 Å². The summed E-state index contributed by atoms with van der Waals surface area (Å²) in [6.07, 6.45) is 3.59. The highest BCUT2D eigenvalue weighted by Crippen LogP contribution is 2.33. The summed E-state index contributed by atoms with van der Waals surface area (Å²) in [7, 11) is 0. The maximum absolute atomic E-state index is 10.6. The molecule has 0 bridgehead atoms. The molecular formula is C10H18O3. The van der Waals surface area contributed by atoms with E-state index in [0.717, 1.165) is 25.9 Å². The largest absolute Gasteiger partial charge is 0.481 e. The number of ether oxygens (including phenoxy) is 1. The molecule has 0 saturated carbocycles. The molecule has 3 heteroatoms. The summed E-state index contributed by atoms with van der Waals surface area (Å²) in [5.41, 5.74) is -0.230. The molecule has 0 amide bonds. The SMILES string of the molecule is CC(C)(CC(=O)O)C1CCCCO1. The second kappa shape index (κ2) is 4.09. The second-order valence-electron chi connectivity index (χ2n) is 4.41. The lowest BCUT2D eigenvalue weighted by Crippen LogP contribution is -2.36. The molecule has 1 aliphatic heterocycles. The Hall–Kier alpha value is -0.570. The van der Waals surface area contributed by atoms with Crippen LogP contribution in [0.5, 0.6) is 0 Å². The predicted molar refractivity (Wildman–Crippen MR) is 49.6 cm³/mol. The standard InChI is InChI=1S/C10H18O3/c1-10(2,7-9(11)12)8-5-3-4-6-13-8/h8H,3-7H2,1-2H3,(H,11,12). The van der Waals surface area contributed by atoms with E-state index < -0.39 is 5.97 Å². The van der Waals surface area contributed by atoms with Gasteiger partial charge >= 0.3 is 5.97 Å². The fourth-order valence-corrected chi connectivity index (χ4v) is 1.86. The summed E-state index contributed by atoms with van der Waals surface area (Å²) in [4.78, 5) is 10.6. The number of rotatable bonds is 3. The van der Waals surface area contributed by atoms with Gasteiger partial charge in [0.25, 0.3) is 0 Å². The van der Waals surface area contributed by atoms with Crippen molar-refractivity contribution < 1.29 is 14.6 Å². The molecule has 0 aromatic carbocycles. The molecule has 1 aliphatic rings. The molecule has 1 N–H and O–H groups in total. The van der Waals surface area contributed by atoms with Gasteiger partial charge in [0.1, 0.15) is 0 Å². The molecule has 0 spiro atoms. The lowest BCUT2D eigenvalue weighted by Gasteiger charge is -2.35. The van der Waals surface area contributed by atoms with Gasteiger partial charge in [-0.25, -0.2) is 0 Å². The highest BCUT2D eigenvalue weighted by molar-refractivity contribution is 5.67. The van der Waals surface area contributed by atoms with E-state index in [1.54, 1.807) is 0 Å². The first-order valence-electron chi connectivity index (χ1n) is 4.86. The molecule has 1 rings (SSSR count). The first-order valence-corrected chi connectivity index (χ1v) is 4.86. The summed E-state index contributed by atoms with van der Waals surface area (Å²) in [5, 5.41) is 8.72. The Morgan fingerprint density at radius 1 is 1.54 bits per heavy atom. The van der Waals surface area contributed by atoms with Crippen LogP contribution >= 0.6 is 0 Å². The molecule has 1 unspecified atom stereocenters. The first kappa shape index (κ1) is 10.5. The zero-order valence-corrected chi connectivity index (χ0v) is 8.38. The quantitative estimate of drug-likeness (QED) is 0.733. The minimum Gasteiger partial charge on any atom is -0.481 e. The predicted octanol–water partition coefficient (Wildman–Crippen LogP) is 2.06. The topological polar surface area (TPSA) is 46.5 Å². The van der Waals surface area contributed by atoms with Gasteiger partial charge in [-0.2, -0.15) is 0 Å². The number of aliphatic carboxylic acids is 1. The lowest BCUT2D eigenvalue weighted by molar-refractivity contribution is -0.143. The smallest absolute Gasteiger partial charge is 0.303 e. The molecule has 0 aromatic rings. The Kier molecular flexibility index (Phi) is 3.31. The Balaban J connectivity index is 2.50. The van der Waals surface area contributed by atoms with E-state index in [1.165, 1.54) is 0 Å². The third-order valence-corrected chi connectivity index (χ3v) is 2.66. The average molecular weight is 186 g/mol. The van der Waals surface area contributed by atoms with Gasteiger partial charge in [0, 0.05) is 12.0 Å². The fourth-order valence-electron chi connectivity index (χ4n) is 1.86. The molecule has 1 heterocycles. The minimum atomic E-state index is -0.737. The van der Waals surface area contributed by atoms with Crippen molar-refractivity contribution in [3.05, 3.63) is 0 Å². The maximum Gasteiger partial charge on any atom is 0.303 e. The van der Waals surface area contributed by atoms with E-state index in [2.05, 4.69) is 0 Å². The Morgan fingerprint density at radius 2 is 2.23 bits per heavy atom. The molecule has 1 saturated heterocycles. The van der Waals surface area contributed by atoms with E-state index >= 15 is 0 Å². The zero-order valence-electron chi connectivity index (χ0n) is 8.38. The molecule has 3 nitrogen and oxygen atoms in total. The average Bonchev–Trinajstić information content (AvgIpc) is 2.04. The van der Waals surface area contributed by atoms with Crippen molar-refractivity contribution in [3.63, 3.8) is 0 Å². The van der Waals surface area contributed by atoms with E-state index in [9.17, 15) is 4.79 Å². The molecule has 0 radical (unpaired) electrons. The second-order valence-corrected chi connectivity index (χ2v) is 4.41. The third-order valence-electron chi connectivity index (χ3n) is 2.66. The molecular weight excluding hydrogens is 168 g/mol. The molecule has 76 valence electrons. The monoisotopic (exact) mass is 186 g/mol. The Labute approximate surface area is 79.1 Å². The van der Waals surface area contributed by atoms with E-state index in [1.807, 2.05) is 13.8 Å². The summed E-state index contributed by atoms with van der Waals surface area (Å²) < 4.78 is 5.58. The van der Waals surface area contributed by atoms with Gasteiger partial charge in [0.05, 0.1) is 12.5 Å². The van der Waals surface area contributed by atoms with Gasteiger partial charge in [0.2, 0.25) is 0 Å². The van der Waals surface area contributed by atoms with Crippen molar-refractivity contribution >= 4 is 5.97 Å². The minimum absolute atomic E-state index is 0.123. The van der Waals surface area contributed by atoms with Crippen LogP contribution in [0.2, 0.25) is 0 Å². The van der Waals surface area contributed by atoms with Gasteiger partial charge in [-0.05, 0) is 19.3 Å². The highest BCUT2D eigenvalue weighted by Gasteiger charge is 2.33. The lowest BCUT2D eigenvalue weighted by atomic mass is 9.80. The summed E-state index contributed by atoms with van der Waals surface area (Å²) in [6, 6.07) is 0. The molecule has 0 aliphatic carbocycles. The van der Waals surface area contributed by atoms with Crippen LogP contribution in [0.1, 0.15) is 39.5 Å². The van der Waals surface area contributed by atoms with Crippen LogP contribution in [0, 0.1) is 5.41 Å². The summed E-state index contributed by atoms with van der Waals surface area (Å²) in [5.74, 6) is -0.737.